The minimum absolute atomic E-state index is 0.0132. The van der Waals surface area contributed by atoms with Crippen molar-refractivity contribution >= 4 is 11.6 Å². The molecule has 0 aliphatic carbocycles. The predicted molar refractivity (Wildman–Crippen MR) is 73.2 cm³/mol. The molecule has 1 aromatic rings. The molecule has 0 aliphatic rings. The van der Waals surface area contributed by atoms with Crippen LogP contribution >= 0.6 is 0 Å². The number of nitrogens with one attached hydrogen (secondary N) is 1. The van der Waals surface area contributed by atoms with Crippen LogP contribution in [0.4, 0.5) is 10.1 Å². The fourth-order valence-corrected chi connectivity index (χ4v) is 1.76. The van der Waals surface area contributed by atoms with Gasteiger partial charge in [-0.05, 0) is 30.0 Å². The van der Waals surface area contributed by atoms with Crippen LogP contribution in [0.1, 0.15) is 37.6 Å². The molecular weight excluding hydrogens is 247 g/mol. The number of hydrogen-bond acceptors (Lipinski definition) is 3. The molecule has 0 saturated heterocycles. The third-order valence-corrected chi connectivity index (χ3v) is 3.03. The van der Waals surface area contributed by atoms with Crippen LogP contribution in [0.15, 0.2) is 18.2 Å². The van der Waals surface area contributed by atoms with Gasteiger partial charge in [-0.2, -0.15) is 0 Å². The molecule has 0 saturated carbocycles. The summed E-state index contributed by atoms with van der Waals surface area (Å²) >= 11 is 0. The van der Waals surface area contributed by atoms with Crippen molar-refractivity contribution in [3.05, 3.63) is 29.6 Å². The molecule has 0 heterocycles. The second kappa shape index (κ2) is 6.02. The summed E-state index contributed by atoms with van der Waals surface area (Å²) in [6.07, 6.45) is 0.451. The summed E-state index contributed by atoms with van der Waals surface area (Å²) in [5.41, 5.74) is 5.41. The van der Waals surface area contributed by atoms with Gasteiger partial charge in [0.25, 0.3) is 5.91 Å². The average molecular weight is 268 g/mol. The Morgan fingerprint density at radius 2 is 2.11 bits per heavy atom. The minimum Gasteiger partial charge on any atom is -0.396 e. The SMILES string of the molecule is CC(C)(C)C(CCO)NC(=O)c1ccc(N)c(F)c1. The largest absolute Gasteiger partial charge is 0.396 e. The van der Waals surface area contributed by atoms with E-state index in [0.29, 0.717) is 6.42 Å². The molecule has 0 aliphatic heterocycles. The van der Waals surface area contributed by atoms with E-state index >= 15 is 0 Å². The number of carbonyl (C=O) groups is 1. The molecule has 4 nitrogen and oxygen atoms in total. The van der Waals surface area contributed by atoms with E-state index in [4.69, 9.17) is 10.8 Å². The van der Waals surface area contributed by atoms with Gasteiger partial charge in [0.15, 0.2) is 0 Å². The van der Waals surface area contributed by atoms with Crippen LogP contribution in [0.2, 0.25) is 0 Å². The number of hydrogen-bond donors (Lipinski definition) is 3. The Hall–Kier alpha value is -1.62. The summed E-state index contributed by atoms with van der Waals surface area (Å²) in [5.74, 6) is -0.977. The number of amides is 1. The molecule has 1 amide bonds. The van der Waals surface area contributed by atoms with Crippen molar-refractivity contribution in [1.29, 1.82) is 0 Å². The molecule has 1 rings (SSSR count). The predicted octanol–water partition coefficient (Wildman–Crippen LogP) is 1.93. The topological polar surface area (TPSA) is 75.3 Å². The zero-order valence-electron chi connectivity index (χ0n) is 11.5. The monoisotopic (exact) mass is 268 g/mol. The van der Waals surface area contributed by atoms with E-state index in [1.807, 2.05) is 20.8 Å². The van der Waals surface area contributed by atoms with E-state index in [1.165, 1.54) is 12.1 Å². The number of carbonyl (C=O) groups excluding carboxylic acids is 1. The average Bonchev–Trinajstić information content (AvgIpc) is 2.30. The third kappa shape index (κ3) is 4.21. The molecule has 0 radical (unpaired) electrons. The van der Waals surface area contributed by atoms with Gasteiger partial charge in [-0.1, -0.05) is 20.8 Å². The van der Waals surface area contributed by atoms with E-state index in [1.54, 1.807) is 0 Å². The maximum atomic E-state index is 13.3. The van der Waals surface area contributed by atoms with Gasteiger partial charge >= 0.3 is 0 Å². The zero-order chi connectivity index (χ0) is 14.6. The van der Waals surface area contributed by atoms with Crippen molar-refractivity contribution in [3.63, 3.8) is 0 Å². The molecule has 1 aromatic carbocycles. The highest BCUT2D eigenvalue weighted by Gasteiger charge is 2.26. The summed E-state index contributed by atoms with van der Waals surface area (Å²) in [7, 11) is 0. The Bertz CT molecular complexity index is 455. The van der Waals surface area contributed by atoms with E-state index in [0.717, 1.165) is 6.07 Å². The summed E-state index contributed by atoms with van der Waals surface area (Å²) < 4.78 is 13.3. The molecule has 106 valence electrons. The molecule has 1 atom stereocenters. The summed E-state index contributed by atoms with van der Waals surface area (Å²) in [6.45, 7) is 5.89. The van der Waals surface area contributed by atoms with Crippen molar-refractivity contribution in [3.8, 4) is 0 Å². The number of nitrogen functional groups attached to an aromatic ring is 1. The highest BCUT2D eigenvalue weighted by Crippen LogP contribution is 2.22. The Balaban J connectivity index is 2.84. The van der Waals surface area contributed by atoms with E-state index in [-0.39, 0.29) is 35.2 Å². The molecule has 0 bridgehead atoms. The standard InChI is InChI=1S/C14H21FN2O2/c1-14(2,3)12(6-7-18)17-13(19)9-4-5-11(16)10(15)8-9/h4-5,8,12,18H,6-7,16H2,1-3H3,(H,17,19). The Labute approximate surface area is 112 Å². The summed E-state index contributed by atoms with van der Waals surface area (Å²) in [5, 5.41) is 11.9. The van der Waals surface area contributed by atoms with Crippen LogP contribution < -0.4 is 11.1 Å². The molecule has 0 spiro atoms. The number of anilines is 1. The van der Waals surface area contributed by atoms with E-state index in [2.05, 4.69) is 5.32 Å². The van der Waals surface area contributed by atoms with Gasteiger partial charge in [0.2, 0.25) is 0 Å². The second-order valence-electron chi connectivity index (χ2n) is 5.64. The molecule has 5 heteroatoms. The molecule has 0 aromatic heterocycles. The first kappa shape index (κ1) is 15.4. The van der Waals surface area contributed by atoms with Crippen LogP contribution in [0.3, 0.4) is 0 Å². The number of aliphatic hydroxyl groups excluding tert-OH is 1. The lowest BCUT2D eigenvalue weighted by atomic mass is 9.84. The van der Waals surface area contributed by atoms with Gasteiger partial charge < -0.3 is 16.2 Å². The Morgan fingerprint density at radius 3 is 2.58 bits per heavy atom. The van der Waals surface area contributed by atoms with Crippen molar-refractivity contribution < 1.29 is 14.3 Å². The number of rotatable bonds is 4. The lowest BCUT2D eigenvalue weighted by Gasteiger charge is -2.31. The summed E-state index contributed by atoms with van der Waals surface area (Å²) in [4.78, 5) is 12.0. The van der Waals surface area contributed by atoms with Crippen molar-refractivity contribution in [1.82, 2.24) is 5.32 Å². The van der Waals surface area contributed by atoms with Gasteiger partial charge in [0.1, 0.15) is 5.82 Å². The smallest absolute Gasteiger partial charge is 0.251 e. The highest BCUT2D eigenvalue weighted by atomic mass is 19.1. The first-order valence-corrected chi connectivity index (χ1v) is 6.22. The first-order valence-electron chi connectivity index (χ1n) is 6.22. The van der Waals surface area contributed by atoms with Crippen molar-refractivity contribution in [2.24, 2.45) is 5.41 Å². The molecule has 0 fully saturated rings. The van der Waals surface area contributed by atoms with Crippen molar-refractivity contribution in [2.45, 2.75) is 33.2 Å². The highest BCUT2D eigenvalue weighted by molar-refractivity contribution is 5.94. The van der Waals surface area contributed by atoms with Gasteiger partial charge in [-0.25, -0.2) is 4.39 Å². The lowest BCUT2D eigenvalue weighted by molar-refractivity contribution is 0.0885. The van der Waals surface area contributed by atoms with Crippen LogP contribution in [-0.2, 0) is 0 Å². The Morgan fingerprint density at radius 1 is 1.47 bits per heavy atom. The Kier molecular flexibility index (Phi) is 4.89. The number of halogens is 1. The fraction of sp³-hybridized carbons (Fsp3) is 0.500. The van der Waals surface area contributed by atoms with Gasteiger partial charge in [-0.15, -0.1) is 0 Å². The first-order chi connectivity index (χ1) is 8.75. The van der Waals surface area contributed by atoms with Crippen LogP contribution in [0.5, 0.6) is 0 Å². The van der Waals surface area contributed by atoms with Gasteiger partial charge in [-0.3, -0.25) is 4.79 Å². The molecule has 1 unspecified atom stereocenters. The normalized spacial score (nSPS) is 13.1. The second-order valence-corrected chi connectivity index (χ2v) is 5.64. The quantitative estimate of drug-likeness (QED) is 0.730. The zero-order valence-corrected chi connectivity index (χ0v) is 11.5. The molecular formula is C14H21FN2O2. The van der Waals surface area contributed by atoms with Crippen LogP contribution in [0.25, 0.3) is 0 Å². The number of aliphatic hydroxyl groups is 1. The number of nitrogens with two attached hydrogens (primary N) is 1. The maximum Gasteiger partial charge on any atom is 0.251 e. The molecule has 4 N–H and O–H groups in total. The van der Waals surface area contributed by atoms with Crippen LogP contribution in [0, 0.1) is 11.2 Å². The van der Waals surface area contributed by atoms with Gasteiger partial charge in [0.05, 0.1) is 5.69 Å². The van der Waals surface area contributed by atoms with Crippen molar-refractivity contribution in [2.75, 3.05) is 12.3 Å². The van der Waals surface area contributed by atoms with E-state index < -0.39 is 5.82 Å². The van der Waals surface area contributed by atoms with Crippen LogP contribution in [-0.4, -0.2) is 23.7 Å². The molecule has 19 heavy (non-hydrogen) atoms. The lowest BCUT2D eigenvalue weighted by Crippen LogP contribution is -2.44. The maximum absolute atomic E-state index is 13.3. The van der Waals surface area contributed by atoms with E-state index in [9.17, 15) is 9.18 Å². The van der Waals surface area contributed by atoms with Gasteiger partial charge in [0, 0.05) is 18.2 Å². The number of benzene rings is 1. The summed E-state index contributed by atoms with van der Waals surface area (Å²) in [6, 6.07) is 3.77. The fourth-order valence-electron chi connectivity index (χ4n) is 1.76. The minimum atomic E-state index is -0.609. The third-order valence-electron chi connectivity index (χ3n) is 3.03.